The molecule has 0 aromatic carbocycles. The molecular weight excluding hydrogens is 781 g/mol. The molecule has 360 valence electrons. The summed E-state index contributed by atoms with van der Waals surface area (Å²) in [6, 6.07) is 0. The Kier molecular flexibility index (Phi) is 41.2. The summed E-state index contributed by atoms with van der Waals surface area (Å²) in [6.45, 7) is 4.43. The molecule has 0 aliphatic carbocycles. The number of hydrogen-bond donors (Lipinski definition) is 4. The molecule has 0 aromatic heterocycles. The predicted octanol–water partition coefficient (Wildman–Crippen LogP) is 12.3. The highest BCUT2D eigenvalue weighted by Gasteiger charge is 2.44. The van der Waals surface area contributed by atoms with Crippen LogP contribution in [0.4, 0.5) is 0 Å². The van der Waals surface area contributed by atoms with Gasteiger partial charge in [0.05, 0.1) is 19.8 Å². The van der Waals surface area contributed by atoms with Gasteiger partial charge in [0.1, 0.15) is 30.5 Å². The smallest absolute Gasteiger partial charge is 0.306 e. The lowest BCUT2D eigenvalue weighted by molar-refractivity contribution is -0.305. The first kappa shape index (κ1) is 57.9. The summed E-state index contributed by atoms with van der Waals surface area (Å²) in [5.74, 6) is -0.324. The minimum atomic E-state index is -1.54. The van der Waals surface area contributed by atoms with E-state index in [1.165, 1.54) is 116 Å². The Labute approximate surface area is 379 Å². The highest BCUT2D eigenvalue weighted by atomic mass is 16.7. The predicted molar refractivity (Wildman–Crippen MR) is 256 cm³/mol. The Hall–Kier alpha value is -2.11. The second kappa shape index (κ2) is 44.1. The second-order valence-electron chi connectivity index (χ2n) is 17.2. The van der Waals surface area contributed by atoms with Gasteiger partial charge in [-0.15, -0.1) is 0 Å². The molecule has 0 amide bonds. The Morgan fingerprint density at radius 2 is 0.984 bits per heavy atom. The topological polar surface area (TPSA) is 135 Å². The maximum atomic E-state index is 12.8. The molecule has 1 rings (SSSR count). The van der Waals surface area contributed by atoms with Crippen LogP contribution in [0.5, 0.6) is 0 Å². The van der Waals surface area contributed by atoms with Crippen molar-refractivity contribution in [3.8, 4) is 0 Å². The van der Waals surface area contributed by atoms with Crippen LogP contribution in [0, 0.1) is 0 Å². The van der Waals surface area contributed by atoms with Crippen molar-refractivity contribution < 1.29 is 44.2 Å². The molecule has 9 nitrogen and oxygen atoms in total. The Morgan fingerprint density at radius 1 is 0.532 bits per heavy atom. The SMILES string of the molecule is CC/C=C\C/C=C\C/C=C\C/C=C\CCCCCCCCCCCCCOCC(COC1OC(CO)C(O)C(O)C1O)OC(=O)CCCCCCC/C=C\CCCCCCCC. The van der Waals surface area contributed by atoms with Crippen LogP contribution in [0.1, 0.15) is 206 Å². The lowest BCUT2D eigenvalue weighted by atomic mass is 9.99. The average Bonchev–Trinajstić information content (AvgIpc) is 3.27. The van der Waals surface area contributed by atoms with Crippen LogP contribution in [0.2, 0.25) is 0 Å². The third-order valence-electron chi connectivity index (χ3n) is 11.4. The van der Waals surface area contributed by atoms with Gasteiger partial charge in [0.15, 0.2) is 6.29 Å². The van der Waals surface area contributed by atoms with Crippen LogP contribution in [0.15, 0.2) is 60.8 Å². The zero-order valence-electron chi connectivity index (χ0n) is 39.6. The molecule has 1 aliphatic heterocycles. The van der Waals surface area contributed by atoms with Crippen molar-refractivity contribution in [2.75, 3.05) is 26.4 Å². The molecule has 1 aliphatic rings. The normalized spacial score (nSPS) is 20.3. The molecule has 0 bridgehead atoms. The van der Waals surface area contributed by atoms with Gasteiger partial charge in [-0.1, -0.05) is 184 Å². The van der Waals surface area contributed by atoms with Crippen LogP contribution < -0.4 is 0 Å². The summed E-state index contributed by atoms with van der Waals surface area (Å²) in [4.78, 5) is 12.8. The van der Waals surface area contributed by atoms with E-state index in [-0.39, 0.29) is 19.2 Å². The van der Waals surface area contributed by atoms with Gasteiger partial charge < -0.3 is 39.4 Å². The lowest BCUT2D eigenvalue weighted by Gasteiger charge is -2.39. The van der Waals surface area contributed by atoms with Crippen LogP contribution in [0.25, 0.3) is 0 Å². The second-order valence-corrected chi connectivity index (χ2v) is 17.2. The van der Waals surface area contributed by atoms with Crippen molar-refractivity contribution in [1.29, 1.82) is 0 Å². The number of ether oxygens (including phenoxy) is 4. The highest BCUT2D eigenvalue weighted by Crippen LogP contribution is 2.23. The molecule has 62 heavy (non-hydrogen) atoms. The molecule has 6 unspecified atom stereocenters. The number of carbonyl (C=O) groups excluding carboxylic acids is 1. The molecule has 6 atom stereocenters. The Bertz CT molecular complexity index is 1130. The van der Waals surface area contributed by atoms with Crippen molar-refractivity contribution in [3.63, 3.8) is 0 Å². The molecule has 0 saturated carbocycles. The van der Waals surface area contributed by atoms with Gasteiger partial charge in [-0.2, -0.15) is 0 Å². The monoisotopic (exact) mass is 875 g/mol. The van der Waals surface area contributed by atoms with Gasteiger partial charge in [0.2, 0.25) is 0 Å². The molecule has 1 saturated heterocycles. The molecule has 1 fully saturated rings. The third kappa shape index (κ3) is 34.3. The minimum Gasteiger partial charge on any atom is -0.457 e. The summed E-state index contributed by atoms with van der Waals surface area (Å²) in [5.41, 5.74) is 0. The summed E-state index contributed by atoms with van der Waals surface area (Å²) in [7, 11) is 0. The van der Waals surface area contributed by atoms with Crippen molar-refractivity contribution in [2.45, 2.75) is 243 Å². The minimum absolute atomic E-state index is 0.119. The Balaban J connectivity index is 2.19. The van der Waals surface area contributed by atoms with Crippen LogP contribution in [-0.4, -0.2) is 89.6 Å². The van der Waals surface area contributed by atoms with E-state index in [0.29, 0.717) is 13.0 Å². The first-order valence-electron chi connectivity index (χ1n) is 25.4. The van der Waals surface area contributed by atoms with E-state index in [0.717, 1.165) is 70.6 Å². The van der Waals surface area contributed by atoms with E-state index in [9.17, 15) is 25.2 Å². The number of aliphatic hydroxyl groups excluding tert-OH is 4. The fourth-order valence-electron chi connectivity index (χ4n) is 7.48. The molecule has 9 heteroatoms. The first-order valence-corrected chi connectivity index (χ1v) is 25.4. The standard InChI is InChI=1S/C53H94O9/c1-3-5-7-9-11-13-15-17-19-20-21-22-23-24-25-26-27-29-31-33-35-37-39-41-43-59-45-47(46-60-53-52(58)51(57)50(56)48(44-54)62-53)61-49(55)42-40-38-36-34-32-30-28-18-16-14-12-10-8-6-4-2/h5,7,11,13,17-19,21-22,28,47-48,50-54,56-58H,3-4,6,8-10,12,14-16,20,23-27,29-46H2,1-2H3/b7-5-,13-11-,19-17-,22-21-,28-18-. The quantitative estimate of drug-likeness (QED) is 0.0268. The van der Waals surface area contributed by atoms with Gasteiger partial charge in [-0.05, 0) is 77.0 Å². The van der Waals surface area contributed by atoms with E-state index in [2.05, 4.69) is 74.6 Å². The van der Waals surface area contributed by atoms with Gasteiger partial charge in [0.25, 0.3) is 0 Å². The van der Waals surface area contributed by atoms with Crippen LogP contribution >= 0.6 is 0 Å². The van der Waals surface area contributed by atoms with Crippen molar-refractivity contribution in [1.82, 2.24) is 0 Å². The highest BCUT2D eigenvalue weighted by molar-refractivity contribution is 5.69. The number of aliphatic hydroxyl groups is 4. The molecule has 1 heterocycles. The number of unbranched alkanes of at least 4 members (excludes halogenated alkanes) is 22. The van der Waals surface area contributed by atoms with Crippen LogP contribution in [0.3, 0.4) is 0 Å². The third-order valence-corrected chi connectivity index (χ3v) is 11.4. The lowest BCUT2D eigenvalue weighted by Crippen LogP contribution is -2.59. The largest absolute Gasteiger partial charge is 0.457 e. The van der Waals surface area contributed by atoms with Crippen LogP contribution in [-0.2, 0) is 23.7 Å². The summed E-state index contributed by atoms with van der Waals surface area (Å²) in [5, 5.41) is 40.2. The van der Waals surface area contributed by atoms with Gasteiger partial charge in [-0.25, -0.2) is 0 Å². The summed E-state index contributed by atoms with van der Waals surface area (Å²) in [6.07, 6.45) is 49.7. The molecule has 0 radical (unpaired) electrons. The first-order chi connectivity index (χ1) is 30.4. The van der Waals surface area contributed by atoms with E-state index >= 15 is 0 Å². The average molecular weight is 875 g/mol. The zero-order chi connectivity index (χ0) is 45.0. The van der Waals surface area contributed by atoms with E-state index < -0.39 is 43.4 Å². The van der Waals surface area contributed by atoms with Crippen molar-refractivity contribution in [2.24, 2.45) is 0 Å². The van der Waals surface area contributed by atoms with Gasteiger partial charge in [-0.3, -0.25) is 4.79 Å². The van der Waals surface area contributed by atoms with Crippen molar-refractivity contribution in [3.05, 3.63) is 60.8 Å². The number of allylic oxidation sites excluding steroid dienone is 10. The van der Waals surface area contributed by atoms with Gasteiger partial charge in [0, 0.05) is 13.0 Å². The fourth-order valence-corrected chi connectivity index (χ4v) is 7.48. The van der Waals surface area contributed by atoms with E-state index in [1.807, 2.05) is 0 Å². The van der Waals surface area contributed by atoms with E-state index in [1.54, 1.807) is 0 Å². The number of carbonyl (C=O) groups is 1. The molecule has 0 spiro atoms. The number of rotatable bonds is 43. The number of hydrogen-bond acceptors (Lipinski definition) is 9. The van der Waals surface area contributed by atoms with Gasteiger partial charge >= 0.3 is 5.97 Å². The summed E-state index contributed by atoms with van der Waals surface area (Å²) >= 11 is 0. The molecule has 4 N–H and O–H groups in total. The Morgan fingerprint density at radius 3 is 1.50 bits per heavy atom. The van der Waals surface area contributed by atoms with E-state index in [4.69, 9.17) is 18.9 Å². The molecular formula is C53H94O9. The molecule has 0 aromatic rings. The zero-order valence-corrected chi connectivity index (χ0v) is 39.6. The maximum absolute atomic E-state index is 12.8. The van der Waals surface area contributed by atoms with Crippen molar-refractivity contribution >= 4 is 5.97 Å². The number of esters is 1. The fraction of sp³-hybridized carbons (Fsp3) is 0.792. The maximum Gasteiger partial charge on any atom is 0.306 e. The summed E-state index contributed by atoms with van der Waals surface area (Å²) < 4.78 is 22.9.